The van der Waals surface area contributed by atoms with Gasteiger partial charge in [0.25, 0.3) is 0 Å². The van der Waals surface area contributed by atoms with E-state index < -0.39 is 0 Å². The molecular weight excluding hydrogens is 477 g/mol. The third-order valence-corrected chi connectivity index (χ3v) is 5.45. The molecule has 2 heterocycles. The van der Waals surface area contributed by atoms with E-state index in [2.05, 4.69) is 31.0 Å². The highest BCUT2D eigenvalue weighted by Gasteiger charge is 2.21. The van der Waals surface area contributed by atoms with Crippen LogP contribution in [0.4, 0.5) is 11.6 Å². The first kappa shape index (κ1) is 21.7. The molecule has 3 aromatic carbocycles. The fraction of sp³-hybridized carbons (Fsp3) is 0.0435. The minimum Gasteiger partial charge on any atom is -0.242 e. The number of anilines is 1. The molecule has 0 bridgehead atoms. The molecule has 34 heavy (non-hydrogen) atoms. The van der Waals surface area contributed by atoms with Crippen molar-refractivity contribution in [3.05, 3.63) is 94.5 Å². The van der Waals surface area contributed by atoms with Crippen LogP contribution in [0, 0.1) is 0 Å². The Morgan fingerprint density at radius 2 is 1.38 bits per heavy atom. The van der Waals surface area contributed by atoms with Crippen molar-refractivity contribution in [3.63, 3.8) is 0 Å². The third kappa shape index (κ3) is 4.66. The molecule has 11 heteroatoms. The zero-order valence-electron chi connectivity index (χ0n) is 17.4. The molecule has 0 aliphatic rings. The van der Waals surface area contributed by atoms with Crippen LogP contribution in [0.2, 0.25) is 10.0 Å². The van der Waals surface area contributed by atoms with Gasteiger partial charge in [0.2, 0.25) is 11.6 Å². The molecular formula is C23H15Cl2N7O2. The maximum atomic E-state index is 6.42. The number of hydrogen-bond acceptors (Lipinski definition) is 8. The van der Waals surface area contributed by atoms with Crippen LogP contribution in [0.1, 0.15) is 5.56 Å². The van der Waals surface area contributed by atoms with Gasteiger partial charge >= 0.3 is 0 Å². The minimum absolute atomic E-state index is 0.205. The fourth-order valence-electron chi connectivity index (χ4n) is 3.22. The first-order valence-electron chi connectivity index (χ1n) is 10.1. The first-order chi connectivity index (χ1) is 16.7. The largest absolute Gasteiger partial charge is 0.247 e. The van der Waals surface area contributed by atoms with Crippen molar-refractivity contribution >= 4 is 34.8 Å². The van der Waals surface area contributed by atoms with Crippen molar-refractivity contribution in [2.24, 2.45) is 10.3 Å². The Morgan fingerprint density at radius 1 is 0.735 bits per heavy atom. The van der Waals surface area contributed by atoms with Crippen molar-refractivity contribution in [2.45, 2.75) is 6.54 Å². The average molecular weight is 492 g/mol. The van der Waals surface area contributed by atoms with Crippen LogP contribution in [0.25, 0.3) is 22.5 Å². The maximum absolute atomic E-state index is 6.42. The first-order valence-corrected chi connectivity index (χ1v) is 10.8. The second-order valence-corrected chi connectivity index (χ2v) is 7.93. The highest BCUT2D eigenvalue weighted by Crippen LogP contribution is 2.32. The summed E-state index contributed by atoms with van der Waals surface area (Å²) in [5.74, 6) is 0.551. The van der Waals surface area contributed by atoms with Crippen molar-refractivity contribution in [1.82, 2.24) is 20.6 Å². The molecule has 5 rings (SSSR count). The Hall–Kier alpha value is -4.08. The summed E-state index contributed by atoms with van der Waals surface area (Å²) in [6, 6.07) is 24.1. The van der Waals surface area contributed by atoms with Crippen molar-refractivity contribution < 1.29 is 9.26 Å². The SMILES string of the molecule is Clc1ccc(CN(N=Nc2nonc2-c2ccccc2)c2nonc2-c2ccccc2)c(Cl)c1. The van der Waals surface area contributed by atoms with E-state index in [1.165, 1.54) is 5.01 Å². The second kappa shape index (κ2) is 9.82. The molecule has 0 N–H and O–H groups in total. The molecule has 168 valence electrons. The molecule has 0 spiro atoms. The predicted octanol–water partition coefficient (Wildman–Crippen LogP) is 6.80. The summed E-state index contributed by atoms with van der Waals surface area (Å²) in [7, 11) is 0. The van der Waals surface area contributed by atoms with Gasteiger partial charge in [0, 0.05) is 21.2 Å². The van der Waals surface area contributed by atoms with Crippen LogP contribution < -0.4 is 5.01 Å². The Balaban J connectivity index is 1.54. The lowest BCUT2D eigenvalue weighted by Crippen LogP contribution is -2.16. The van der Waals surface area contributed by atoms with Crippen LogP contribution in [0.5, 0.6) is 0 Å². The summed E-state index contributed by atoms with van der Waals surface area (Å²) in [5.41, 5.74) is 3.28. The van der Waals surface area contributed by atoms with Gasteiger partial charge in [-0.05, 0) is 38.3 Å². The molecule has 0 atom stereocenters. The van der Waals surface area contributed by atoms with E-state index in [4.69, 9.17) is 32.5 Å². The number of rotatable bonds is 7. The molecule has 0 saturated heterocycles. The molecule has 9 nitrogen and oxygen atoms in total. The number of benzene rings is 3. The molecule has 0 amide bonds. The van der Waals surface area contributed by atoms with E-state index in [0.29, 0.717) is 27.3 Å². The normalized spacial score (nSPS) is 11.2. The monoisotopic (exact) mass is 491 g/mol. The van der Waals surface area contributed by atoms with Gasteiger partial charge in [-0.1, -0.05) is 95.2 Å². The number of halogens is 2. The summed E-state index contributed by atoms with van der Waals surface area (Å²) < 4.78 is 9.97. The number of aromatic nitrogens is 4. The highest BCUT2D eigenvalue weighted by atomic mass is 35.5. The van der Waals surface area contributed by atoms with E-state index in [1.807, 2.05) is 60.7 Å². The van der Waals surface area contributed by atoms with Crippen molar-refractivity contribution in [2.75, 3.05) is 5.01 Å². The fourth-order valence-corrected chi connectivity index (χ4v) is 3.68. The lowest BCUT2D eigenvalue weighted by Gasteiger charge is -2.16. The molecule has 0 aliphatic heterocycles. The highest BCUT2D eigenvalue weighted by molar-refractivity contribution is 6.35. The summed E-state index contributed by atoms with van der Waals surface area (Å²) in [6.45, 7) is 0.208. The molecule has 0 aliphatic carbocycles. The van der Waals surface area contributed by atoms with E-state index >= 15 is 0 Å². The van der Waals surface area contributed by atoms with Gasteiger partial charge in [-0.15, -0.1) is 5.11 Å². The van der Waals surface area contributed by atoms with E-state index in [0.717, 1.165) is 16.7 Å². The molecule has 0 saturated carbocycles. The van der Waals surface area contributed by atoms with Crippen LogP contribution in [0.3, 0.4) is 0 Å². The van der Waals surface area contributed by atoms with Gasteiger partial charge in [0.05, 0.1) is 6.54 Å². The van der Waals surface area contributed by atoms with Gasteiger partial charge < -0.3 is 0 Å². The van der Waals surface area contributed by atoms with E-state index in [9.17, 15) is 0 Å². The smallest absolute Gasteiger partial charge is 0.242 e. The lowest BCUT2D eigenvalue weighted by atomic mass is 10.1. The van der Waals surface area contributed by atoms with E-state index in [-0.39, 0.29) is 12.4 Å². The van der Waals surface area contributed by atoms with Gasteiger partial charge in [-0.2, -0.15) is 0 Å². The minimum atomic E-state index is 0.205. The molecule has 2 aromatic heterocycles. The number of hydrogen-bond donors (Lipinski definition) is 0. The molecule has 0 unspecified atom stereocenters. The second-order valence-electron chi connectivity index (χ2n) is 7.09. The zero-order valence-corrected chi connectivity index (χ0v) is 18.9. The van der Waals surface area contributed by atoms with Crippen molar-refractivity contribution in [3.8, 4) is 22.5 Å². The summed E-state index contributed by atoms with van der Waals surface area (Å²) >= 11 is 12.5. The van der Waals surface area contributed by atoms with Crippen LogP contribution in [0.15, 0.2) is 98.5 Å². The van der Waals surface area contributed by atoms with Crippen LogP contribution >= 0.6 is 23.2 Å². The Kier molecular flexibility index (Phi) is 6.28. The van der Waals surface area contributed by atoms with Crippen LogP contribution in [-0.4, -0.2) is 20.6 Å². The Labute approximate surface area is 203 Å². The average Bonchev–Trinajstić information content (AvgIpc) is 3.54. The van der Waals surface area contributed by atoms with Gasteiger partial charge in [-0.3, -0.25) is 0 Å². The number of nitrogens with zero attached hydrogens (tertiary/aromatic N) is 7. The summed E-state index contributed by atoms with van der Waals surface area (Å²) in [6.07, 6.45) is 0. The maximum Gasteiger partial charge on any atom is 0.247 e. The van der Waals surface area contributed by atoms with E-state index in [1.54, 1.807) is 18.2 Å². The predicted molar refractivity (Wildman–Crippen MR) is 127 cm³/mol. The van der Waals surface area contributed by atoms with Gasteiger partial charge in [-0.25, -0.2) is 14.3 Å². The van der Waals surface area contributed by atoms with Gasteiger partial charge in [0.1, 0.15) is 0 Å². The van der Waals surface area contributed by atoms with Crippen LogP contribution in [-0.2, 0) is 6.54 Å². The summed E-state index contributed by atoms with van der Waals surface area (Å²) in [4.78, 5) is 0. The molecule has 0 fully saturated rings. The quantitative estimate of drug-likeness (QED) is 0.182. The van der Waals surface area contributed by atoms with Crippen molar-refractivity contribution in [1.29, 1.82) is 0 Å². The Morgan fingerprint density at radius 3 is 2.09 bits per heavy atom. The molecule has 0 radical (unpaired) electrons. The third-order valence-electron chi connectivity index (χ3n) is 4.86. The molecule has 5 aromatic rings. The lowest BCUT2D eigenvalue weighted by molar-refractivity contribution is 0.308. The topological polar surface area (TPSA) is 106 Å². The zero-order chi connectivity index (χ0) is 23.3. The standard InChI is InChI=1S/C23H15Cl2N7O2/c24-18-12-11-17(19(25)13-18)14-32(23-21(28-34-30-23)16-9-5-2-6-10-16)31-26-22-20(27-33-29-22)15-7-3-1-4-8-15/h1-13H,14H2. The summed E-state index contributed by atoms with van der Waals surface area (Å²) in [5, 5.41) is 27.2. The van der Waals surface area contributed by atoms with Gasteiger partial charge in [0.15, 0.2) is 11.4 Å². The Bertz CT molecular complexity index is 1420.